The van der Waals surface area contributed by atoms with Gasteiger partial charge in [0.1, 0.15) is 0 Å². The molecule has 0 unspecified atom stereocenters. The van der Waals surface area contributed by atoms with Crippen LogP contribution in [0.25, 0.3) is 0 Å². The van der Waals surface area contributed by atoms with Crippen molar-refractivity contribution in [2.75, 3.05) is 14.1 Å². The van der Waals surface area contributed by atoms with Crippen LogP contribution < -0.4 is 11.1 Å². The van der Waals surface area contributed by atoms with Crippen molar-refractivity contribution in [1.29, 1.82) is 0 Å². The molecule has 0 aromatic carbocycles. The molecule has 76 valence electrons. The normalized spacial score (nSPS) is 10.8. The van der Waals surface area contributed by atoms with Crippen molar-refractivity contribution in [3.8, 4) is 0 Å². The van der Waals surface area contributed by atoms with Crippen molar-refractivity contribution >= 4 is 11.9 Å². The summed E-state index contributed by atoms with van der Waals surface area (Å²) in [6.45, 7) is 3.50. The summed E-state index contributed by atoms with van der Waals surface area (Å²) in [5.74, 6) is -0.427. The van der Waals surface area contributed by atoms with Crippen molar-refractivity contribution in [2.24, 2.45) is 5.73 Å². The molecule has 5 heteroatoms. The summed E-state index contributed by atoms with van der Waals surface area (Å²) in [6.07, 6.45) is 0.132. The molecule has 0 aliphatic rings. The van der Waals surface area contributed by atoms with Gasteiger partial charge in [-0.15, -0.1) is 0 Å². The third kappa shape index (κ3) is 5.05. The molecule has 0 saturated carbocycles. The van der Waals surface area contributed by atoms with Gasteiger partial charge in [-0.1, -0.05) is 0 Å². The van der Waals surface area contributed by atoms with Crippen molar-refractivity contribution in [3.05, 3.63) is 0 Å². The lowest BCUT2D eigenvalue weighted by Crippen LogP contribution is -2.49. The highest BCUT2D eigenvalue weighted by Crippen LogP contribution is 2.07. The second kappa shape index (κ2) is 4.11. The van der Waals surface area contributed by atoms with Gasteiger partial charge in [0.15, 0.2) is 0 Å². The van der Waals surface area contributed by atoms with Crippen molar-refractivity contribution in [3.63, 3.8) is 0 Å². The van der Waals surface area contributed by atoms with Crippen LogP contribution in [0.1, 0.15) is 20.3 Å². The zero-order valence-corrected chi connectivity index (χ0v) is 8.55. The lowest BCUT2D eigenvalue weighted by atomic mass is 10.0. The molecule has 0 radical (unpaired) electrons. The molecule has 0 heterocycles. The monoisotopic (exact) mass is 187 g/mol. The van der Waals surface area contributed by atoms with E-state index in [0.29, 0.717) is 0 Å². The minimum Gasteiger partial charge on any atom is -0.370 e. The van der Waals surface area contributed by atoms with Crippen molar-refractivity contribution < 1.29 is 9.59 Å². The molecule has 0 spiro atoms. The van der Waals surface area contributed by atoms with E-state index in [1.165, 1.54) is 4.90 Å². The van der Waals surface area contributed by atoms with Gasteiger partial charge in [0.05, 0.1) is 0 Å². The van der Waals surface area contributed by atoms with Crippen LogP contribution >= 0.6 is 0 Å². The number of hydrogen-bond acceptors (Lipinski definition) is 2. The standard InChI is InChI=1S/C8H17N3O2/c1-8(2,5-6(9)12)10-7(13)11(3)4/h5H2,1-4H3,(H2,9,12)(H,10,13). The maximum atomic E-state index is 11.2. The maximum Gasteiger partial charge on any atom is 0.317 e. The topological polar surface area (TPSA) is 75.4 Å². The molecule has 0 aromatic rings. The summed E-state index contributed by atoms with van der Waals surface area (Å²) in [7, 11) is 3.27. The molecule has 0 saturated heterocycles. The number of hydrogen-bond donors (Lipinski definition) is 2. The Morgan fingerprint density at radius 2 is 1.85 bits per heavy atom. The number of nitrogens with two attached hydrogens (primary N) is 1. The third-order valence-electron chi connectivity index (χ3n) is 1.47. The van der Waals surface area contributed by atoms with Crippen LogP contribution in [0, 0.1) is 0 Å². The third-order valence-corrected chi connectivity index (χ3v) is 1.47. The molecular formula is C8H17N3O2. The van der Waals surface area contributed by atoms with E-state index in [2.05, 4.69) is 5.32 Å². The summed E-state index contributed by atoms with van der Waals surface area (Å²) >= 11 is 0. The molecule has 0 fully saturated rings. The van der Waals surface area contributed by atoms with Crippen LogP contribution in [0.4, 0.5) is 4.79 Å². The first-order valence-electron chi connectivity index (χ1n) is 4.02. The van der Waals surface area contributed by atoms with Gasteiger partial charge >= 0.3 is 6.03 Å². The molecule has 3 amide bonds. The van der Waals surface area contributed by atoms with Crippen LogP contribution in [-0.2, 0) is 4.79 Å². The van der Waals surface area contributed by atoms with E-state index in [-0.39, 0.29) is 12.5 Å². The van der Waals surface area contributed by atoms with Gasteiger partial charge in [-0.2, -0.15) is 0 Å². The predicted octanol–water partition coefficient (Wildman–Crippen LogP) is -0.0884. The predicted molar refractivity (Wildman–Crippen MR) is 50.1 cm³/mol. The highest BCUT2D eigenvalue weighted by Gasteiger charge is 2.23. The molecule has 0 rings (SSSR count). The van der Waals surface area contributed by atoms with Gasteiger partial charge < -0.3 is 16.0 Å². The number of carbonyl (C=O) groups is 2. The Kier molecular flexibility index (Phi) is 3.71. The average Bonchev–Trinajstić information content (AvgIpc) is 1.81. The Morgan fingerprint density at radius 1 is 1.38 bits per heavy atom. The molecule has 0 atom stereocenters. The first-order valence-corrected chi connectivity index (χ1v) is 4.02. The molecule has 3 N–H and O–H groups in total. The highest BCUT2D eigenvalue weighted by atomic mass is 16.2. The molecule has 0 aliphatic carbocycles. The Bertz CT molecular complexity index is 211. The summed E-state index contributed by atoms with van der Waals surface area (Å²) in [5.41, 5.74) is 4.44. The maximum absolute atomic E-state index is 11.2. The lowest BCUT2D eigenvalue weighted by Gasteiger charge is -2.26. The van der Waals surface area contributed by atoms with Gasteiger partial charge in [0, 0.05) is 26.1 Å². The summed E-state index contributed by atoms with van der Waals surface area (Å²) in [5, 5.41) is 2.67. The van der Waals surface area contributed by atoms with E-state index < -0.39 is 11.4 Å². The highest BCUT2D eigenvalue weighted by molar-refractivity contribution is 5.78. The van der Waals surface area contributed by atoms with Crippen LogP contribution in [0.2, 0.25) is 0 Å². The zero-order chi connectivity index (χ0) is 10.6. The Morgan fingerprint density at radius 3 is 2.15 bits per heavy atom. The van der Waals surface area contributed by atoms with E-state index >= 15 is 0 Å². The molecule has 0 aliphatic heterocycles. The van der Waals surface area contributed by atoms with E-state index in [9.17, 15) is 9.59 Å². The summed E-state index contributed by atoms with van der Waals surface area (Å²) < 4.78 is 0. The minimum atomic E-state index is -0.590. The number of nitrogens with one attached hydrogen (secondary N) is 1. The van der Waals surface area contributed by atoms with Crippen LogP contribution in [0.3, 0.4) is 0 Å². The SMILES string of the molecule is CN(C)C(=O)NC(C)(C)CC(N)=O. The molecule has 0 bridgehead atoms. The summed E-state index contributed by atoms with van der Waals surface area (Å²) in [6, 6.07) is -0.230. The van der Waals surface area contributed by atoms with Gasteiger partial charge in [-0.05, 0) is 13.8 Å². The van der Waals surface area contributed by atoms with Crippen LogP contribution in [0.5, 0.6) is 0 Å². The number of rotatable bonds is 3. The van der Waals surface area contributed by atoms with Crippen molar-refractivity contribution in [2.45, 2.75) is 25.8 Å². The molecule has 5 nitrogen and oxygen atoms in total. The number of carbonyl (C=O) groups excluding carboxylic acids is 2. The van der Waals surface area contributed by atoms with Gasteiger partial charge in [-0.3, -0.25) is 4.79 Å². The Labute approximate surface area is 78.3 Å². The second-order valence-corrected chi connectivity index (χ2v) is 3.85. The zero-order valence-electron chi connectivity index (χ0n) is 8.55. The lowest BCUT2D eigenvalue weighted by molar-refractivity contribution is -0.119. The molecule has 13 heavy (non-hydrogen) atoms. The first-order chi connectivity index (χ1) is 5.74. The fourth-order valence-electron chi connectivity index (χ4n) is 0.881. The molecular weight excluding hydrogens is 170 g/mol. The van der Waals surface area contributed by atoms with E-state index in [1.54, 1.807) is 27.9 Å². The van der Waals surface area contributed by atoms with E-state index in [4.69, 9.17) is 5.73 Å². The smallest absolute Gasteiger partial charge is 0.317 e. The Hall–Kier alpha value is -1.26. The number of primary amides is 1. The average molecular weight is 187 g/mol. The van der Waals surface area contributed by atoms with E-state index in [1.807, 2.05) is 0 Å². The minimum absolute atomic E-state index is 0.132. The first kappa shape index (κ1) is 11.7. The number of urea groups is 1. The number of amides is 3. The van der Waals surface area contributed by atoms with Gasteiger partial charge in [-0.25, -0.2) is 4.79 Å². The fraction of sp³-hybridized carbons (Fsp3) is 0.750. The quantitative estimate of drug-likeness (QED) is 0.648. The number of nitrogens with zero attached hydrogens (tertiary/aromatic N) is 1. The largest absolute Gasteiger partial charge is 0.370 e. The fourth-order valence-corrected chi connectivity index (χ4v) is 0.881. The second-order valence-electron chi connectivity index (χ2n) is 3.85. The Balaban J connectivity index is 4.16. The molecule has 0 aromatic heterocycles. The van der Waals surface area contributed by atoms with Gasteiger partial charge in [0.25, 0.3) is 0 Å². The van der Waals surface area contributed by atoms with Crippen molar-refractivity contribution in [1.82, 2.24) is 10.2 Å². The van der Waals surface area contributed by atoms with Gasteiger partial charge in [0.2, 0.25) is 5.91 Å². The van der Waals surface area contributed by atoms with E-state index in [0.717, 1.165) is 0 Å². The van der Waals surface area contributed by atoms with Crippen LogP contribution in [-0.4, -0.2) is 36.5 Å². The summed E-state index contributed by atoms with van der Waals surface area (Å²) in [4.78, 5) is 23.2. The van der Waals surface area contributed by atoms with Crippen LogP contribution in [0.15, 0.2) is 0 Å².